The highest BCUT2D eigenvalue weighted by Gasteiger charge is 2.08. The van der Waals surface area contributed by atoms with Gasteiger partial charge in [0.1, 0.15) is 5.75 Å². The molecule has 0 aliphatic rings. The van der Waals surface area contributed by atoms with E-state index in [1.165, 1.54) is 54.9 Å². The van der Waals surface area contributed by atoms with Crippen LogP contribution in [-0.2, 0) is 0 Å². The van der Waals surface area contributed by atoms with Gasteiger partial charge in [-0.15, -0.1) is 0 Å². The number of benzene rings is 2. The minimum atomic E-state index is 0.464. The number of methoxy groups -OCH3 is 1. The number of unbranched alkanes of at least 4 members (excludes halogenated alkanes) is 4. The van der Waals surface area contributed by atoms with Crippen molar-refractivity contribution < 1.29 is 4.74 Å². The number of rotatable bonds is 8. The standard InChI is InChI=1S/C19H25BrO/c1-3-4-5-6-7-8-19(20)17-10-9-16-14-18(21-2)12-11-15(16)13-17/h9-14,19H,3-8H2,1-2H3. The van der Waals surface area contributed by atoms with Crippen LogP contribution in [0.1, 0.15) is 55.8 Å². The van der Waals surface area contributed by atoms with E-state index in [0.29, 0.717) is 4.83 Å². The summed E-state index contributed by atoms with van der Waals surface area (Å²) in [6, 6.07) is 13.0. The van der Waals surface area contributed by atoms with Gasteiger partial charge in [-0.1, -0.05) is 79.2 Å². The number of hydrogen-bond acceptors (Lipinski definition) is 1. The molecule has 0 aromatic heterocycles. The van der Waals surface area contributed by atoms with E-state index in [2.05, 4.69) is 53.2 Å². The predicted molar refractivity (Wildman–Crippen MR) is 95.5 cm³/mol. The lowest BCUT2D eigenvalue weighted by Crippen LogP contribution is -1.91. The van der Waals surface area contributed by atoms with Gasteiger partial charge in [0.15, 0.2) is 0 Å². The van der Waals surface area contributed by atoms with E-state index in [9.17, 15) is 0 Å². The fraction of sp³-hybridized carbons (Fsp3) is 0.474. The minimum absolute atomic E-state index is 0.464. The first kappa shape index (κ1) is 16.4. The molecule has 2 aromatic carbocycles. The lowest BCUT2D eigenvalue weighted by atomic mass is 10.0. The van der Waals surface area contributed by atoms with Crippen molar-refractivity contribution in [1.29, 1.82) is 0 Å². The smallest absolute Gasteiger partial charge is 0.119 e. The van der Waals surface area contributed by atoms with Crippen LogP contribution in [0.4, 0.5) is 0 Å². The molecule has 0 aliphatic carbocycles. The molecule has 0 amide bonds. The third kappa shape index (κ3) is 4.74. The highest BCUT2D eigenvalue weighted by Crippen LogP contribution is 2.31. The molecule has 0 fully saturated rings. The van der Waals surface area contributed by atoms with E-state index < -0.39 is 0 Å². The van der Waals surface area contributed by atoms with Crippen LogP contribution in [0.2, 0.25) is 0 Å². The zero-order valence-corrected chi connectivity index (χ0v) is 14.7. The van der Waals surface area contributed by atoms with Gasteiger partial charge in [0, 0.05) is 4.83 Å². The minimum Gasteiger partial charge on any atom is -0.497 e. The molecule has 0 saturated heterocycles. The Morgan fingerprint density at radius 1 is 0.952 bits per heavy atom. The zero-order valence-electron chi connectivity index (χ0n) is 13.1. The van der Waals surface area contributed by atoms with Crippen LogP contribution < -0.4 is 4.74 Å². The van der Waals surface area contributed by atoms with Crippen LogP contribution in [0, 0.1) is 0 Å². The molecule has 21 heavy (non-hydrogen) atoms. The first-order chi connectivity index (χ1) is 10.2. The SMILES string of the molecule is CCCCCCCC(Br)c1ccc2cc(OC)ccc2c1. The Hall–Kier alpha value is -1.02. The Kier molecular flexibility index (Phi) is 6.56. The van der Waals surface area contributed by atoms with E-state index >= 15 is 0 Å². The van der Waals surface area contributed by atoms with Gasteiger partial charge in [0.25, 0.3) is 0 Å². The van der Waals surface area contributed by atoms with Crippen LogP contribution in [0.15, 0.2) is 36.4 Å². The average Bonchev–Trinajstić information content (AvgIpc) is 2.53. The maximum Gasteiger partial charge on any atom is 0.119 e. The van der Waals surface area contributed by atoms with Gasteiger partial charge in [-0.25, -0.2) is 0 Å². The quantitative estimate of drug-likeness (QED) is 0.383. The van der Waals surface area contributed by atoms with E-state index in [1.54, 1.807) is 7.11 Å². The summed E-state index contributed by atoms with van der Waals surface area (Å²) in [4.78, 5) is 0.464. The van der Waals surface area contributed by atoms with Gasteiger partial charge < -0.3 is 4.74 Å². The molecule has 114 valence electrons. The molecule has 2 rings (SSSR count). The largest absolute Gasteiger partial charge is 0.497 e. The summed E-state index contributed by atoms with van der Waals surface area (Å²) >= 11 is 3.84. The fourth-order valence-corrected chi connectivity index (χ4v) is 3.27. The number of ether oxygens (including phenoxy) is 1. The summed E-state index contributed by atoms with van der Waals surface area (Å²) in [5.74, 6) is 0.918. The molecule has 0 bridgehead atoms. The summed E-state index contributed by atoms with van der Waals surface area (Å²) in [5.41, 5.74) is 1.38. The molecule has 0 radical (unpaired) electrons. The van der Waals surface area contributed by atoms with Crippen LogP contribution in [0.25, 0.3) is 10.8 Å². The van der Waals surface area contributed by atoms with Crippen molar-refractivity contribution in [2.24, 2.45) is 0 Å². The Balaban J connectivity index is 1.98. The Morgan fingerprint density at radius 3 is 2.43 bits per heavy atom. The highest BCUT2D eigenvalue weighted by atomic mass is 79.9. The molecule has 0 heterocycles. The van der Waals surface area contributed by atoms with Gasteiger partial charge in [0.2, 0.25) is 0 Å². The number of fused-ring (bicyclic) bond motifs is 1. The van der Waals surface area contributed by atoms with Crippen LogP contribution in [0.5, 0.6) is 5.75 Å². The summed E-state index contributed by atoms with van der Waals surface area (Å²) in [6.07, 6.45) is 7.91. The molecule has 1 nitrogen and oxygen atoms in total. The molecule has 0 aliphatic heterocycles. The zero-order chi connectivity index (χ0) is 15.1. The molecule has 0 saturated carbocycles. The van der Waals surface area contributed by atoms with Gasteiger partial charge in [0.05, 0.1) is 7.11 Å². The van der Waals surface area contributed by atoms with Crippen molar-refractivity contribution in [3.8, 4) is 5.75 Å². The topological polar surface area (TPSA) is 9.23 Å². The van der Waals surface area contributed by atoms with Gasteiger partial charge in [-0.3, -0.25) is 0 Å². The first-order valence-corrected chi connectivity index (χ1v) is 8.88. The Labute approximate surface area is 136 Å². The predicted octanol–water partition coefficient (Wildman–Crippen LogP) is 6.64. The molecule has 0 spiro atoms. The molecule has 1 atom stereocenters. The Bertz CT molecular complexity index is 564. The highest BCUT2D eigenvalue weighted by molar-refractivity contribution is 9.09. The summed E-state index contributed by atoms with van der Waals surface area (Å²) < 4.78 is 5.28. The fourth-order valence-electron chi connectivity index (χ4n) is 2.66. The van der Waals surface area contributed by atoms with E-state index in [4.69, 9.17) is 4.74 Å². The van der Waals surface area contributed by atoms with Crippen molar-refractivity contribution in [2.45, 2.75) is 50.3 Å². The van der Waals surface area contributed by atoms with Crippen molar-refractivity contribution in [2.75, 3.05) is 7.11 Å². The number of hydrogen-bond donors (Lipinski definition) is 0. The lowest BCUT2D eigenvalue weighted by molar-refractivity contribution is 0.415. The lowest BCUT2D eigenvalue weighted by Gasteiger charge is -2.11. The molecule has 1 unspecified atom stereocenters. The maximum absolute atomic E-state index is 5.28. The number of alkyl halides is 1. The van der Waals surface area contributed by atoms with Crippen molar-refractivity contribution in [3.05, 3.63) is 42.0 Å². The third-order valence-electron chi connectivity index (χ3n) is 3.99. The maximum atomic E-state index is 5.28. The summed E-state index contributed by atoms with van der Waals surface area (Å²) in [6.45, 7) is 2.26. The molecule has 2 aromatic rings. The van der Waals surface area contributed by atoms with Gasteiger partial charge >= 0.3 is 0 Å². The second kappa shape index (κ2) is 8.43. The van der Waals surface area contributed by atoms with Crippen LogP contribution in [0.3, 0.4) is 0 Å². The number of halogens is 1. The first-order valence-electron chi connectivity index (χ1n) is 7.96. The van der Waals surface area contributed by atoms with E-state index in [-0.39, 0.29) is 0 Å². The molecule has 0 N–H and O–H groups in total. The van der Waals surface area contributed by atoms with E-state index in [1.807, 2.05) is 6.07 Å². The normalized spacial score (nSPS) is 12.5. The molecule has 2 heteroatoms. The second-order valence-corrected chi connectivity index (χ2v) is 6.75. The van der Waals surface area contributed by atoms with Crippen LogP contribution in [-0.4, -0.2) is 7.11 Å². The van der Waals surface area contributed by atoms with Gasteiger partial charge in [-0.2, -0.15) is 0 Å². The molecular weight excluding hydrogens is 324 g/mol. The van der Waals surface area contributed by atoms with E-state index in [0.717, 1.165) is 5.75 Å². The Morgan fingerprint density at radius 2 is 1.67 bits per heavy atom. The summed E-state index contributed by atoms with van der Waals surface area (Å²) in [5, 5.41) is 2.52. The molecular formula is C19H25BrO. The monoisotopic (exact) mass is 348 g/mol. The summed E-state index contributed by atoms with van der Waals surface area (Å²) in [7, 11) is 1.71. The second-order valence-electron chi connectivity index (χ2n) is 5.64. The van der Waals surface area contributed by atoms with Gasteiger partial charge in [-0.05, 0) is 34.9 Å². The van der Waals surface area contributed by atoms with Crippen molar-refractivity contribution >= 4 is 26.7 Å². The van der Waals surface area contributed by atoms with Crippen molar-refractivity contribution in [1.82, 2.24) is 0 Å². The van der Waals surface area contributed by atoms with Crippen molar-refractivity contribution in [3.63, 3.8) is 0 Å². The van der Waals surface area contributed by atoms with Crippen LogP contribution >= 0.6 is 15.9 Å². The average molecular weight is 349 g/mol. The third-order valence-corrected chi connectivity index (χ3v) is 4.98.